The fraction of sp³-hybridized carbons (Fsp3) is 0.0526. The molecule has 0 aromatic heterocycles. The zero-order valence-corrected chi connectivity index (χ0v) is 13.4. The van der Waals surface area contributed by atoms with Crippen LogP contribution in [0.15, 0.2) is 65.9 Å². The summed E-state index contributed by atoms with van der Waals surface area (Å²) in [5.41, 5.74) is 1.37. The smallest absolute Gasteiger partial charge is 0.258 e. The van der Waals surface area contributed by atoms with Gasteiger partial charge < -0.3 is 10.2 Å². The molecule has 120 valence electrons. The Morgan fingerprint density at radius 3 is 2.04 bits per heavy atom. The third kappa shape index (κ3) is 4.01. The van der Waals surface area contributed by atoms with E-state index >= 15 is 0 Å². The van der Waals surface area contributed by atoms with Crippen LogP contribution >= 0.6 is 0 Å². The van der Waals surface area contributed by atoms with Crippen molar-refractivity contribution in [1.29, 1.82) is 15.8 Å². The van der Waals surface area contributed by atoms with Crippen LogP contribution in [0, 0.1) is 34.0 Å². The molecular weight excluding hydrogens is 314 g/mol. The van der Waals surface area contributed by atoms with Gasteiger partial charge in [-0.1, -0.05) is 18.2 Å². The van der Waals surface area contributed by atoms with Crippen LogP contribution in [-0.4, -0.2) is 13.0 Å². The summed E-state index contributed by atoms with van der Waals surface area (Å²) in [6.45, 7) is 0. The molecule has 0 radical (unpaired) electrons. The maximum Gasteiger partial charge on any atom is 0.258 e. The van der Waals surface area contributed by atoms with Crippen LogP contribution in [0.4, 0.5) is 11.4 Å². The molecule has 1 amide bonds. The molecule has 0 fully saturated rings. The number of nitrogens with one attached hydrogen (secondary N) is 1. The molecule has 0 bridgehead atoms. The van der Waals surface area contributed by atoms with E-state index in [1.54, 1.807) is 73.8 Å². The first kappa shape index (κ1) is 17.3. The number of hydrogen-bond acceptors (Lipinski definition) is 5. The lowest BCUT2D eigenvalue weighted by molar-refractivity contribution is 0.0993. The van der Waals surface area contributed by atoms with E-state index in [0.29, 0.717) is 16.9 Å². The molecule has 25 heavy (non-hydrogen) atoms. The molecule has 0 aliphatic heterocycles. The molecule has 6 nitrogen and oxygen atoms in total. The Bertz CT molecular complexity index is 909. The molecule has 1 N–H and O–H groups in total. The summed E-state index contributed by atoms with van der Waals surface area (Å²) in [5.74, 6) is -0.143. The van der Waals surface area contributed by atoms with E-state index in [1.807, 2.05) is 6.07 Å². The van der Waals surface area contributed by atoms with Gasteiger partial charge in [0.25, 0.3) is 5.91 Å². The van der Waals surface area contributed by atoms with E-state index in [0.717, 1.165) is 0 Å². The number of hydrogen-bond donors (Lipinski definition) is 1. The van der Waals surface area contributed by atoms with Crippen LogP contribution < -0.4 is 10.2 Å². The number of anilines is 2. The highest BCUT2D eigenvalue weighted by Gasteiger charge is 2.13. The van der Waals surface area contributed by atoms with Crippen molar-refractivity contribution in [3.05, 3.63) is 71.4 Å². The van der Waals surface area contributed by atoms with E-state index in [-0.39, 0.29) is 17.2 Å². The summed E-state index contributed by atoms with van der Waals surface area (Å²) >= 11 is 0. The average Bonchev–Trinajstić information content (AvgIpc) is 2.68. The largest absolute Gasteiger partial charge is 0.345 e. The van der Waals surface area contributed by atoms with Crippen LogP contribution in [0.3, 0.4) is 0 Å². The van der Waals surface area contributed by atoms with E-state index < -0.39 is 0 Å². The van der Waals surface area contributed by atoms with Crippen molar-refractivity contribution in [3.63, 3.8) is 0 Å². The number of allylic oxidation sites excluding steroid dienone is 2. The number of nitrogens with zero attached hydrogens (tertiary/aromatic N) is 4. The zero-order valence-electron chi connectivity index (χ0n) is 13.4. The highest BCUT2D eigenvalue weighted by Crippen LogP contribution is 2.20. The molecule has 0 aliphatic rings. The fourth-order valence-corrected chi connectivity index (χ4v) is 2.09. The first-order chi connectivity index (χ1) is 12.1. The first-order valence-corrected chi connectivity index (χ1v) is 7.25. The van der Waals surface area contributed by atoms with Crippen LogP contribution in [0.2, 0.25) is 0 Å². The number of rotatable bonds is 4. The predicted molar refractivity (Wildman–Crippen MR) is 93.1 cm³/mol. The Morgan fingerprint density at radius 1 is 0.920 bits per heavy atom. The summed E-state index contributed by atoms with van der Waals surface area (Å²) in [6.07, 6.45) is 0. The molecule has 0 saturated heterocycles. The third-order valence-corrected chi connectivity index (χ3v) is 3.43. The molecule has 0 unspecified atom stereocenters. The minimum absolute atomic E-state index is 0.119. The Labute approximate surface area is 145 Å². The van der Waals surface area contributed by atoms with Crippen LogP contribution in [0.25, 0.3) is 0 Å². The molecule has 0 atom stereocenters. The number of carbonyl (C=O) groups excluding carboxylic acids is 1. The topological polar surface area (TPSA) is 104 Å². The van der Waals surface area contributed by atoms with Gasteiger partial charge in [0.05, 0.1) is 0 Å². The molecule has 0 aliphatic carbocycles. The van der Waals surface area contributed by atoms with Crippen molar-refractivity contribution in [2.75, 3.05) is 17.3 Å². The predicted octanol–water partition coefficient (Wildman–Crippen LogP) is 3.20. The Balaban J connectivity index is 2.19. The number of carbonyl (C=O) groups is 1. The van der Waals surface area contributed by atoms with Gasteiger partial charge in [0.2, 0.25) is 0 Å². The van der Waals surface area contributed by atoms with Gasteiger partial charge in [-0.05, 0) is 36.4 Å². The average molecular weight is 327 g/mol. The molecule has 0 heterocycles. The van der Waals surface area contributed by atoms with Crippen molar-refractivity contribution in [2.24, 2.45) is 0 Å². The lowest BCUT2D eigenvalue weighted by atomic mass is 10.2. The van der Waals surface area contributed by atoms with E-state index in [2.05, 4.69) is 5.32 Å². The maximum atomic E-state index is 12.4. The van der Waals surface area contributed by atoms with Gasteiger partial charge in [0.15, 0.2) is 5.57 Å². The lowest BCUT2D eigenvalue weighted by Crippen LogP contribution is -2.26. The monoisotopic (exact) mass is 327 g/mol. The summed E-state index contributed by atoms with van der Waals surface area (Å²) < 4.78 is 0. The quantitative estimate of drug-likeness (QED) is 0.868. The van der Waals surface area contributed by atoms with Crippen molar-refractivity contribution in [3.8, 4) is 18.2 Å². The van der Waals surface area contributed by atoms with Crippen LogP contribution in [-0.2, 0) is 0 Å². The molecule has 2 rings (SSSR count). The summed E-state index contributed by atoms with van der Waals surface area (Å²) in [4.78, 5) is 13.9. The minimum atomic E-state index is -0.289. The standard InChI is InChI=1S/C19H13N5O/c1-24(19(25)14-5-3-2-4-6-14)17-9-7-16(8-10-17)23-18(13-22)15(11-20)12-21/h2-10,23H,1H3. The Morgan fingerprint density at radius 2 is 1.52 bits per heavy atom. The third-order valence-electron chi connectivity index (χ3n) is 3.43. The molecule has 6 heteroatoms. The van der Waals surface area contributed by atoms with E-state index in [4.69, 9.17) is 15.8 Å². The van der Waals surface area contributed by atoms with Crippen molar-refractivity contribution < 1.29 is 4.79 Å². The lowest BCUT2D eigenvalue weighted by Gasteiger charge is -2.18. The second kappa shape index (κ2) is 7.97. The van der Waals surface area contributed by atoms with Gasteiger partial charge in [-0.2, -0.15) is 15.8 Å². The summed E-state index contributed by atoms with van der Waals surface area (Å²) in [7, 11) is 1.67. The number of amides is 1. The Hall–Kier alpha value is -4.08. The Kier molecular flexibility index (Phi) is 5.50. The summed E-state index contributed by atoms with van der Waals surface area (Å²) in [5, 5.41) is 29.4. The second-order valence-electron chi connectivity index (χ2n) is 4.99. The second-order valence-corrected chi connectivity index (χ2v) is 4.99. The van der Waals surface area contributed by atoms with Gasteiger partial charge in [0, 0.05) is 24.0 Å². The van der Waals surface area contributed by atoms with Gasteiger partial charge in [-0.15, -0.1) is 0 Å². The highest BCUT2D eigenvalue weighted by atomic mass is 16.2. The molecule has 2 aromatic rings. The molecular formula is C19H13N5O. The molecule has 0 saturated carbocycles. The van der Waals surface area contributed by atoms with Crippen LogP contribution in [0.1, 0.15) is 10.4 Å². The van der Waals surface area contributed by atoms with E-state index in [1.165, 1.54) is 4.90 Å². The number of nitriles is 3. The SMILES string of the molecule is CN(C(=O)c1ccccc1)c1ccc(NC(C#N)=C(C#N)C#N)cc1. The van der Waals surface area contributed by atoms with Crippen LogP contribution in [0.5, 0.6) is 0 Å². The number of benzene rings is 2. The minimum Gasteiger partial charge on any atom is -0.345 e. The van der Waals surface area contributed by atoms with Gasteiger partial charge >= 0.3 is 0 Å². The molecule has 0 spiro atoms. The normalized spacial score (nSPS) is 9.04. The van der Waals surface area contributed by atoms with Gasteiger partial charge in [-0.25, -0.2) is 0 Å². The molecule has 2 aromatic carbocycles. The van der Waals surface area contributed by atoms with Crippen molar-refractivity contribution >= 4 is 17.3 Å². The zero-order chi connectivity index (χ0) is 18.2. The van der Waals surface area contributed by atoms with Crippen molar-refractivity contribution in [2.45, 2.75) is 0 Å². The highest BCUT2D eigenvalue weighted by molar-refractivity contribution is 6.05. The van der Waals surface area contributed by atoms with Crippen molar-refractivity contribution in [1.82, 2.24) is 0 Å². The van der Waals surface area contributed by atoms with Gasteiger partial charge in [-0.3, -0.25) is 4.79 Å². The first-order valence-electron chi connectivity index (χ1n) is 7.25. The summed E-state index contributed by atoms with van der Waals surface area (Å²) in [6, 6.07) is 20.8. The fourth-order valence-electron chi connectivity index (χ4n) is 2.09. The maximum absolute atomic E-state index is 12.4. The van der Waals surface area contributed by atoms with Gasteiger partial charge in [0.1, 0.15) is 23.9 Å². The van der Waals surface area contributed by atoms with E-state index in [9.17, 15) is 4.79 Å².